The molecule has 3 aromatic carbocycles. The van der Waals surface area contributed by atoms with Crippen molar-refractivity contribution in [3.05, 3.63) is 79.4 Å². The van der Waals surface area contributed by atoms with Gasteiger partial charge in [0.25, 0.3) is 0 Å². The zero-order chi connectivity index (χ0) is 17.8. The van der Waals surface area contributed by atoms with Crippen LogP contribution in [0.3, 0.4) is 0 Å². The zero-order valence-corrected chi connectivity index (χ0v) is 14.1. The summed E-state index contributed by atoms with van der Waals surface area (Å²) in [5, 5.41) is 0. The number of oxazole rings is 1. The number of rotatable bonds is 2. The van der Waals surface area contributed by atoms with Gasteiger partial charge in [0.1, 0.15) is 18.2 Å². The molecule has 0 aliphatic heterocycles. The van der Waals surface area contributed by atoms with Gasteiger partial charge in [0.2, 0.25) is 0 Å². The first-order valence-electron chi connectivity index (χ1n) is 8.63. The highest BCUT2D eigenvalue weighted by Gasteiger charge is 2.15. The van der Waals surface area contributed by atoms with Crippen LogP contribution < -0.4 is 0 Å². The van der Waals surface area contributed by atoms with Gasteiger partial charge in [0.05, 0.1) is 27.8 Å². The van der Waals surface area contributed by atoms with Gasteiger partial charge in [-0.05, 0) is 36.4 Å². The van der Waals surface area contributed by atoms with Crippen LogP contribution in [0.1, 0.15) is 0 Å². The lowest BCUT2D eigenvalue weighted by atomic mass is 10.2. The van der Waals surface area contributed by atoms with Gasteiger partial charge in [-0.2, -0.15) is 4.98 Å². The summed E-state index contributed by atoms with van der Waals surface area (Å²) in [6, 6.07) is 22.4. The van der Waals surface area contributed by atoms with Crippen molar-refractivity contribution < 1.29 is 4.42 Å². The molecule has 0 aliphatic carbocycles. The molecule has 0 N–H and O–H groups in total. The van der Waals surface area contributed by atoms with E-state index >= 15 is 0 Å². The Morgan fingerprint density at radius 2 is 1.33 bits per heavy atom. The van der Waals surface area contributed by atoms with Gasteiger partial charge in [-0.25, -0.2) is 9.97 Å². The third-order valence-corrected chi connectivity index (χ3v) is 4.76. The fourth-order valence-corrected chi connectivity index (χ4v) is 3.48. The second-order valence-electron chi connectivity index (χ2n) is 6.33. The molecule has 3 aromatic heterocycles. The Balaban J connectivity index is 1.60. The lowest BCUT2D eigenvalue weighted by Gasteiger charge is -2.04. The van der Waals surface area contributed by atoms with E-state index in [4.69, 9.17) is 9.40 Å². The topological polar surface area (TPSA) is 61.7 Å². The van der Waals surface area contributed by atoms with E-state index in [1.807, 2.05) is 82.2 Å². The van der Waals surface area contributed by atoms with Crippen molar-refractivity contribution in [3.63, 3.8) is 0 Å². The first kappa shape index (κ1) is 14.3. The van der Waals surface area contributed by atoms with Crippen LogP contribution in [0.4, 0.5) is 0 Å². The van der Waals surface area contributed by atoms with Gasteiger partial charge in [0, 0.05) is 0 Å². The van der Waals surface area contributed by atoms with Crippen LogP contribution >= 0.6 is 0 Å². The molecular formula is C21H13N5O. The molecule has 6 rings (SSSR count). The van der Waals surface area contributed by atoms with Gasteiger partial charge < -0.3 is 4.42 Å². The van der Waals surface area contributed by atoms with Crippen LogP contribution in [0, 0.1) is 0 Å². The molecule has 0 atom stereocenters. The third kappa shape index (κ3) is 2.04. The minimum absolute atomic E-state index is 0.496. The van der Waals surface area contributed by atoms with Gasteiger partial charge >= 0.3 is 6.01 Å². The summed E-state index contributed by atoms with van der Waals surface area (Å²) in [4.78, 5) is 13.7. The van der Waals surface area contributed by atoms with E-state index in [-0.39, 0.29) is 0 Å². The standard InChI is InChI=1S/C21H13N5O/c1-3-8-16-14(6-1)22-12-25(16)18-10-5-11-19-20(18)24-21(27-19)26-13-23-15-7-2-4-9-17(15)26/h1-13H. The second kappa shape index (κ2) is 5.28. The largest absolute Gasteiger partial charge is 0.423 e. The molecule has 27 heavy (non-hydrogen) atoms. The number of benzene rings is 3. The van der Waals surface area contributed by atoms with E-state index in [2.05, 4.69) is 9.97 Å². The molecular weight excluding hydrogens is 338 g/mol. The molecule has 0 radical (unpaired) electrons. The van der Waals surface area contributed by atoms with Crippen molar-refractivity contribution in [3.8, 4) is 11.7 Å². The van der Waals surface area contributed by atoms with Gasteiger partial charge in [-0.15, -0.1) is 0 Å². The van der Waals surface area contributed by atoms with E-state index in [0.29, 0.717) is 6.01 Å². The number of hydrogen-bond acceptors (Lipinski definition) is 4. The molecule has 0 fully saturated rings. The molecule has 6 heteroatoms. The SMILES string of the molecule is c1ccc2c(c1)ncn2-c1nc2c(-n3cnc4ccccc43)cccc2o1. The fraction of sp³-hybridized carbons (Fsp3) is 0. The Labute approximate surface area is 153 Å². The quantitative estimate of drug-likeness (QED) is 0.461. The second-order valence-corrected chi connectivity index (χ2v) is 6.33. The Bertz CT molecular complexity index is 1440. The van der Waals surface area contributed by atoms with E-state index in [1.54, 1.807) is 6.33 Å². The molecule has 0 spiro atoms. The Kier molecular flexibility index (Phi) is 2.79. The van der Waals surface area contributed by atoms with Crippen molar-refractivity contribution in [2.75, 3.05) is 0 Å². The summed E-state index contributed by atoms with van der Waals surface area (Å²) in [6.45, 7) is 0. The first-order valence-corrected chi connectivity index (χ1v) is 8.63. The van der Waals surface area contributed by atoms with Crippen molar-refractivity contribution in [1.82, 2.24) is 24.1 Å². The number of fused-ring (bicyclic) bond motifs is 3. The van der Waals surface area contributed by atoms with E-state index in [1.165, 1.54) is 0 Å². The maximum Gasteiger partial charge on any atom is 0.308 e. The minimum Gasteiger partial charge on any atom is -0.423 e. The normalized spacial score (nSPS) is 11.7. The Hall–Kier alpha value is -3.93. The van der Waals surface area contributed by atoms with Crippen LogP contribution in [0.2, 0.25) is 0 Å². The number of hydrogen-bond donors (Lipinski definition) is 0. The highest BCUT2D eigenvalue weighted by molar-refractivity contribution is 5.87. The zero-order valence-electron chi connectivity index (χ0n) is 14.1. The molecule has 6 aromatic rings. The van der Waals surface area contributed by atoms with Crippen molar-refractivity contribution in [2.24, 2.45) is 0 Å². The minimum atomic E-state index is 0.496. The highest BCUT2D eigenvalue weighted by atomic mass is 16.4. The Morgan fingerprint density at radius 3 is 2.11 bits per heavy atom. The lowest BCUT2D eigenvalue weighted by Crippen LogP contribution is -1.94. The monoisotopic (exact) mass is 351 g/mol. The number of aromatic nitrogens is 5. The summed E-state index contributed by atoms with van der Waals surface area (Å²) in [5.41, 5.74) is 6.27. The molecule has 128 valence electrons. The number of imidazole rings is 2. The van der Waals surface area contributed by atoms with Crippen LogP contribution in [0.5, 0.6) is 0 Å². The molecule has 0 amide bonds. The maximum absolute atomic E-state index is 6.05. The predicted molar refractivity (Wildman–Crippen MR) is 103 cm³/mol. The summed E-state index contributed by atoms with van der Waals surface area (Å²) in [6.07, 6.45) is 3.56. The van der Waals surface area contributed by atoms with E-state index < -0.39 is 0 Å². The average molecular weight is 351 g/mol. The van der Waals surface area contributed by atoms with Crippen molar-refractivity contribution in [1.29, 1.82) is 0 Å². The Morgan fingerprint density at radius 1 is 0.667 bits per heavy atom. The molecule has 0 aliphatic rings. The first-order chi connectivity index (χ1) is 13.4. The molecule has 0 bridgehead atoms. The predicted octanol–water partition coefficient (Wildman–Crippen LogP) is 4.51. The van der Waals surface area contributed by atoms with E-state index in [9.17, 15) is 0 Å². The summed E-state index contributed by atoms with van der Waals surface area (Å²) >= 11 is 0. The number of para-hydroxylation sites is 5. The van der Waals surface area contributed by atoms with Crippen LogP contribution in [-0.4, -0.2) is 24.1 Å². The molecule has 6 nitrogen and oxygen atoms in total. The van der Waals surface area contributed by atoms with Crippen LogP contribution in [-0.2, 0) is 0 Å². The molecule has 0 unspecified atom stereocenters. The molecule has 0 saturated carbocycles. The van der Waals surface area contributed by atoms with Crippen molar-refractivity contribution >= 4 is 33.2 Å². The van der Waals surface area contributed by atoms with Gasteiger partial charge in [-0.3, -0.25) is 9.13 Å². The lowest BCUT2D eigenvalue weighted by molar-refractivity contribution is 0.568. The van der Waals surface area contributed by atoms with Crippen LogP contribution in [0.25, 0.3) is 44.9 Å². The smallest absolute Gasteiger partial charge is 0.308 e. The van der Waals surface area contributed by atoms with E-state index in [0.717, 1.165) is 38.9 Å². The van der Waals surface area contributed by atoms with Gasteiger partial charge in [0.15, 0.2) is 5.58 Å². The van der Waals surface area contributed by atoms with Crippen LogP contribution in [0.15, 0.2) is 83.8 Å². The number of nitrogens with zero attached hydrogens (tertiary/aromatic N) is 5. The summed E-state index contributed by atoms with van der Waals surface area (Å²) < 4.78 is 9.95. The third-order valence-electron chi connectivity index (χ3n) is 4.76. The van der Waals surface area contributed by atoms with Crippen molar-refractivity contribution in [2.45, 2.75) is 0 Å². The summed E-state index contributed by atoms with van der Waals surface area (Å²) in [7, 11) is 0. The average Bonchev–Trinajstić information content (AvgIpc) is 3.43. The molecule has 0 saturated heterocycles. The van der Waals surface area contributed by atoms with Gasteiger partial charge in [-0.1, -0.05) is 30.3 Å². The molecule has 3 heterocycles. The maximum atomic E-state index is 6.05. The summed E-state index contributed by atoms with van der Waals surface area (Å²) in [5.74, 6) is 0. The highest BCUT2D eigenvalue weighted by Crippen LogP contribution is 2.28. The fourth-order valence-electron chi connectivity index (χ4n) is 3.48.